The number of nitrogens with one attached hydrogen (secondary N) is 1. The number of para-hydroxylation sites is 2. The first-order valence-electron chi connectivity index (χ1n) is 7.24. The Balaban J connectivity index is 0.000000139. The van der Waals surface area contributed by atoms with E-state index in [0.29, 0.717) is 0 Å². The Morgan fingerprint density at radius 1 is 1.00 bits per heavy atom. The smallest absolute Gasteiger partial charge is 0.161 e. The topological polar surface area (TPSA) is 37.8 Å². The number of aromatic nitrogens is 2. The van der Waals surface area contributed by atoms with E-state index in [1.54, 1.807) is 6.92 Å². The molecule has 0 saturated heterocycles. The van der Waals surface area contributed by atoms with Crippen molar-refractivity contribution >= 4 is 27.6 Å². The van der Waals surface area contributed by atoms with Crippen molar-refractivity contribution in [2.75, 3.05) is 0 Å². The summed E-state index contributed by atoms with van der Waals surface area (Å²) >= 11 is 0. The predicted octanol–water partition coefficient (Wildman–Crippen LogP) is 4.55. The Kier molecular flexibility index (Phi) is 3.79. The van der Waals surface area contributed by atoms with Crippen LogP contribution in [0.15, 0.2) is 67.0 Å². The van der Waals surface area contributed by atoms with Crippen LogP contribution in [-0.2, 0) is 7.05 Å². The first-order chi connectivity index (χ1) is 10.7. The van der Waals surface area contributed by atoms with Gasteiger partial charge in [-0.2, -0.15) is 0 Å². The van der Waals surface area contributed by atoms with Gasteiger partial charge in [-0.25, -0.2) is 0 Å². The van der Waals surface area contributed by atoms with Crippen molar-refractivity contribution in [3.63, 3.8) is 0 Å². The summed E-state index contributed by atoms with van der Waals surface area (Å²) in [5.41, 5.74) is 3.11. The largest absolute Gasteiger partial charge is 0.361 e. The zero-order valence-electron chi connectivity index (χ0n) is 12.7. The molecular formula is C19H18N2O. The number of benzene rings is 2. The van der Waals surface area contributed by atoms with Gasteiger partial charge in [-0.15, -0.1) is 0 Å². The summed E-state index contributed by atoms with van der Waals surface area (Å²) in [6.07, 6.45) is 3.83. The number of ketones is 1. The highest BCUT2D eigenvalue weighted by atomic mass is 16.1. The summed E-state index contributed by atoms with van der Waals surface area (Å²) in [6, 6.07) is 18.2. The SMILES string of the molecule is CC(=O)c1cn(C)c2ccccc12.c1ccc2[nH]ccc2c1. The first-order valence-corrected chi connectivity index (χ1v) is 7.24. The normalized spacial score (nSPS) is 10.5. The average Bonchev–Trinajstić information content (AvgIpc) is 3.13. The van der Waals surface area contributed by atoms with Gasteiger partial charge in [0.2, 0.25) is 0 Å². The molecule has 0 aliphatic heterocycles. The van der Waals surface area contributed by atoms with Crippen LogP contribution in [0.3, 0.4) is 0 Å². The summed E-state index contributed by atoms with van der Waals surface area (Å²) in [6.45, 7) is 1.60. The third-order valence-corrected chi connectivity index (χ3v) is 3.74. The number of nitrogens with zero attached hydrogens (tertiary/aromatic N) is 1. The second-order valence-corrected chi connectivity index (χ2v) is 5.29. The van der Waals surface area contributed by atoms with Crippen LogP contribution in [-0.4, -0.2) is 15.3 Å². The number of carbonyl (C=O) groups is 1. The number of rotatable bonds is 1. The number of Topliss-reactive ketones (excluding diaryl/α,β-unsaturated/α-hetero) is 1. The van der Waals surface area contributed by atoms with Crippen LogP contribution >= 0.6 is 0 Å². The van der Waals surface area contributed by atoms with E-state index in [1.807, 2.05) is 60.4 Å². The molecule has 0 spiro atoms. The zero-order chi connectivity index (χ0) is 15.5. The number of H-pyrrole nitrogens is 1. The molecular weight excluding hydrogens is 272 g/mol. The Morgan fingerprint density at radius 3 is 2.50 bits per heavy atom. The minimum absolute atomic E-state index is 0.122. The molecule has 3 nitrogen and oxygen atoms in total. The quantitative estimate of drug-likeness (QED) is 0.513. The van der Waals surface area contributed by atoms with Crippen LogP contribution in [0.1, 0.15) is 17.3 Å². The standard InChI is InChI=1S/C11H11NO.C8H7N/c1-8(13)10-7-12(2)11-6-4-3-5-9(10)11;1-2-4-8-7(3-1)5-6-9-8/h3-7H,1-2H3;1-6,9H. The third-order valence-electron chi connectivity index (χ3n) is 3.74. The Morgan fingerprint density at radius 2 is 1.73 bits per heavy atom. The van der Waals surface area contributed by atoms with Gasteiger partial charge in [0.25, 0.3) is 0 Å². The van der Waals surface area contributed by atoms with Crippen LogP contribution in [0.25, 0.3) is 21.8 Å². The van der Waals surface area contributed by atoms with Crippen molar-refractivity contribution in [3.05, 3.63) is 72.6 Å². The van der Waals surface area contributed by atoms with E-state index in [9.17, 15) is 4.79 Å². The molecule has 110 valence electrons. The van der Waals surface area contributed by atoms with Gasteiger partial charge < -0.3 is 9.55 Å². The highest BCUT2D eigenvalue weighted by Gasteiger charge is 2.08. The lowest BCUT2D eigenvalue weighted by atomic mass is 10.1. The van der Waals surface area contributed by atoms with E-state index in [0.717, 1.165) is 16.5 Å². The number of hydrogen-bond acceptors (Lipinski definition) is 1. The van der Waals surface area contributed by atoms with Gasteiger partial charge in [-0.05, 0) is 30.5 Å². The molecule has 0 bridgehead atoms. The number of fused-ring (bicyclic) bond motifs is 2. The van der Waals surface area contributed by atoms with Gasteiger partial charge in [-0.1, -0.05) is 36.4 Å². The summed E-state index contributed by atoms with van der Waals surface area (Å²) in [5, 5.41) is 2.31. The van der Waals surface area contributed by atoms with Crippen molar-refractivity contribution < 1.29 is 4.79 Å². The lowest BCUT2D eigenvalue weighted by molar-refractivity contribution is 0.101. The molecule has 0 unspecified atom stereocenters. The molecule has 3 heteroatoms. The predicted molar refractivity (Wildman–Crippen MR) is 91.2 cm³/mol. The van der Waals surface area contributed by atoms with Crippen molar-refractivity contribution in [1.82, 2.24) is 9.55 Å². The molecule has 2 heterocycles. The van der Waals surface area contributed by atoms with Gasteiger partial charge in [-0.3, -0.25) is 4.79 Å². The monoisotopic (exact) mass is 290 g/mol. The van der Waals surface area contributed by atoms with Crippen molar-refractivity contribution in [1.29, 1.82) is 0 Å². The summed E-state index contributed by atoms with van der Waals surface area (Å²) in [5.74, 6) is 0.122. The van der Waals surface area contributed by atoms with Crippen molar-refractivity contribution in [3.8, 4) is 0 Å². The van der Waals surface area contributed by atoms with Crippen LogP contribution in [0.2, 0.25) is 0 Å². The van der Waals surface area contributed by atoms with Crippen LogP contribution in [0.4, 0.5) is 0 Å². The fourth-order valence-corrected chi connectivity index (χ4v) is 2.62. The molecule has 22 heavy (non-hydrogen) atoms. The average molecular weight is 290 g/mol. The summed E-state index contributed by atoms with van der Waals surface area (Å²) < 4.78 is 1.98. The van der Waals surface area contributed by atoms with Gasteiger partial charge in [0.1, 0.15) is 0 Å². The fraction of sp³-hybridized carbons (Fsp3) is 0.105. The second kappa shape index (κ2) is 5.90. The molecule has 0 atom stereocenters. The van der Waals surface area contributed by atoms with E-state index in [4.69, 9.17) is 0 Å². The molecule has 4 rings (SSSR count). The van der Waals surface area contributed by atoms with E-state index in [1.165, 1.54) is 10.9 Å². The zero-order valence-corrected chi connectivity index (χ0v) is 12.7. The molecule has 0 saturated carbocycles. The number of aryl methyl sites for hydroxylation is 1. The number of hydrogen-bond donors (Lipinski definition) is 1. The number of carbonyl (C=O) groups excluding carboxylic acids is 1. The second-order valence-electron chi connectivity index (χ2n) is 5.29. The Bertz CT molecular complexity index is 901. The maximum Gasteiger partial charge on any atom is 0.161 e. The highest BCUT2D eigenvalue weighted by molar-refractivity contribution is 6.06. The van der Waals surface area contributed by atoms with Crippen molar-refractivity contribution in [2.45, 2.75) is 6.92 Å². The van der Waals surface area contributed by atoms with E-state index in [2.05, 4.69) is 23.2 Å². The molecule has 1 N–H and O–H groups in total. The molecule has 0 fully saturated rings. The molecule has 2 aromatic heterocycles. The van der Waals surface area contributed by atoms with Crippen molar-refractivity contribution in [2.24, 2.45) is 7.05 Å². The minimum atomic E-state index is 0.122. The summed E-state index contributed by atoms with van der Waals surface area (Å²) in [7, 11) is 1.95. The maximum absolute atomic E-state index is 11.3. The first kappa shape index (κ1) is 14.1. The molecule has 2 aromatic carbocycles. The molecule has 4 aromatic rings. The lowest BCUT2D eigenvalue weighted by Crippen LogP contribution is -1.88. The molecule has 0 radical (unpaired) electrons. The molecule has 0 amide bonds. The van der Waals surface area contributed by atoms with E-state index in [-0.39, 0.29) is 5.78 Å². The fourth-order valence-electron chi connectivity index (χ4n) is 2.62. The minimum Gasteiger partial charge on any atom is -0.361 e. The van der Waals surface area contributed by atoms with E-state index < -0.39 is 0 Å². The van der Waals surface area contributed by atoms with Gasteiger partial charge in [0.15, 0.2) is 5.78 Å². The van der Waals surface area contributed by atoms with Crippen LogP contribution < -0.4 is 0 Å². The Hall–Kier alpha value is -2.81. The maximum atomic E-state index is 11.3. The third kappa shape index (κ3) is 2.66. The van der Waals surface area contributed by atoms with Crippen LogP contribution in [0, 0.1) is 0 Å². The van der Waals surface area contributed by atoms with E-state index >= 15 is 0 Å². The Labute approximate surface area is 129 Å². The van der Waals surface area contributed by atoms with Crippen LogP contribution in [0.5, 0.6) is 0 Å². The lowest BCUT2D eigenvalue weighted by Gasteiger charge is -1.93. The van der Waals surface area contributed by atoms with Gasteiger partial charge in [0, 0.05) is 41.4 Å². The summed E-state index contributed by atoms with van der Waals surface area (Å²) in [4.78, 5) is 14.4. The highest BCUT2D eigenvalue weighted by Crippen LogP contribution is 2.20. The van der Waals surface area contributed by atoms with Gasteiger partial charge in [0.05, 0.1) is 0 Å². The number of aromatic amines is 1. The molecule has 0 aliphatic carbocycles. The molecule has 0 aliphatic rings. The van der Waals surface area contributed by atoms with Gasteiger partial charge >= 0.3 is 0 Å².